The summed E-state index contributed by atoms with van der Waals surface area (Å²) in [5.74, 6) is -1.03. The van der Waals surface area contributed by atoms with Crippen molar-refractivity contribution < 1.29 is 14.7 Å². The summed E-state index contributed by atoms with van der Waals surface area (Å²) < 4.78 is 1.62. The van der Waals surface area contributed by atoms with Crippen LogP contribution in [0.5, 0.6) is 0 Å². The van der Waals surface area contributed by atoms with E-state index in [-0.39, 0.29) is 17.0 Å². The molecule has 1 saturated carbocycles. The largest absolute Gasteiger partial charge is 0.478 e. The number of nitrogens with zero attached hydrogens (tertiary/aromatic N) is 1. The number of pyridine rings is 1. The van der Waals surface area contributed by atoms with E-state index in [0.29, 0.717) is 23.5 Å². The van der Waals surface area contributed by atoms with E-state index < -0.39 is 5.97 Å². The number of fused-ring (bicyclic) bond motifs is 1. The van der Waals surface area contributed by atoms with Gasteiger partial charge in [0.15, 0.2) is 0 Å². The first-order chi connectivity index (χ1) is 16.4. The Kier molecular flexibility index (Phi) is 5.49. The molecule has 1 heterocycles. The minimum Gasteiger partial charge on any atom is -0.478 e. The number of carboxylic acids is 1. The SMILES string of the molecule is Cc1ccc(C(=O)NC2CC2)cc1-c1ccc2c(=O)n(Cc3ccc(C(=O)O)cc3)ccc2c1. The van der Waals surface area contributed by atoms with Gasteiger partial charge in [0.2, 0.25) is 0 Å². The Hall–Kier alpha value is -4.19. The van der Waals surface area contributed by atoms with E-state index in [1.165, 1.54) is 12.1 Å². The molecule has 1 amide bonds. The average Bonchev–Trinajstić information content (AvgIpc) is 3.65. The normalized spacial score (nSPS) is 13.1. The van der Waals surface area contributed by atoms with Crippen molar-refractivity contribution in [3.05, 3.63) is 106 Å². The van der Waals surface area contributed by atoms with Crippen molar-refractivity contribution in [1.82, 2.24) is 9.88 Å². The van der Waals surface area contributed by atoms with Crippen LogP contribution in [0.4, 0.5) is 0 Å². The van der Waals surface area contributed by atoms with Gasteiger partial charge in [-0.3, -0.25) is 9.59 Å². The summed E-state index contributed by atoms with van der Waals surface area (Å²) in [6.07, 6.45) is 3.84. The highest BCUT2D eigenvalue weighted by Crippen LogP contribution is 2.28. The Morgan fingerprint density at radius 3 is 2.41 bits per heavy atom. The van der Waals surface area contributed by atoms with E-state index in [9.17, 15) is 14.4 Å². The van der Waals surface area contributed by atoms with Crippen LogP contribution >= 0.6 is 0 Å². The second-order valence-corrected chi connectivity index (χ2v) is 8.83. The summed E-state index contributed by atoms with van der Waals surface area (Å²) in [6, 6.07) is 20.2. The number of aryl methyl sites for hydroxylation is 1. The van der Waals surface area contributed by atoms with E-state index in [1.807, 2.05) is 49.4 Å². The van der Waals surface area contributed by atoms with Crippen LogP contribution in [0, 0.1) is 6.92 Å². The van der Waals surface area contributed by atoms with Crippen LogP contribution in [-0.4, -0.2) is 27.6 Å². The first-order valence-electron chi connectivity index (χ1n) is 11.3. The van der Waals surface area contributed by atoms with Crippen molar-refractivity contribution in [3.8, 4) is 11.1 Å². The molecule has 0 unspecified atom stereocenters. The Balaban J connectivity index is 1.45. The number of hydrogen-bond acceptors (Lipinski definition) is 3. The quantitative estimate of drug-likeness (QED) is 0.447. The standard InChI is InChI=1S/C28H24N2O4/c1-17-2-5-22(26(31)29-23-9-10-23)15-25(17)20-8-11-24-21(14-20)12-13-30(27(24)32)16-18-3-6-19(7-4-18)28(33)34/h2-8,11-15,23H,9-10,16H2,1H3,(H,29,31)(H,33,34). The summed E-state index contributed by atoms with van der Waals surface area (Å²) in [7, 11) is 0. The van der Waals surface area contributed by atoms with E-state index in [4.69, 9.17) is 5.11 Å². The Morgan fingerprint density at radius 2 is 1.71 bits per heavy atom. The molecule has 3 aromatic carbocycles. The molecule has 6 nitrogen and oxygen atoms in total. The lowest BCUT2D eigenvalue weighted by Crippen LogP contribution is -2.25. The molecule has 0 bridgehead atoms. The highest BCUT2D eigenvalue weighted by molar-refractivity contribution is 5.96. The van der Waals surface area contributed by atoms with Gasteiger partial charge in [-0.1, -0.05) is 24.3 Å². The fourth-order valence-electron chi connectivity index (χ4n) is 4.10. The number of benzene rings is 3. The lowest BCUT2D eigenvalue weighted by Gasteiger charge is -2.12. The molecule has 170 valence electrons. The third kappa shape index (κ3) is 4.35. The Morgan fingerprint density at radius 1 is 0.971 bits per heavy atom. The zero-order chi connectivity index (χ0) is 23.8. The van der Waals surface area contributed by atoms with Crippen molar-refractivity contribution in [2.24, 2.45) is 0 Å². The number of aromatic carboxylic acids is 1. The molecule has 0 radical (unpaired) electrons. The second kappa shape index (κ2) is 8.63. The number of aromatic nitrogens is 1. The van der Waals surface area contributed by atoms with E-state index in [2.05, 4.69) is 5.32 Å². The van der Waals surface area contributed by atoms with Gasteiger partial charge in [0.1, 0.15) is 0 Å². The number of hydrogen-bond donors (Lipinski definition) is 2. The minimum atomic E-state index is -0.977. The van der Waals surface area contributed by atoms with E-state index >= 15 is 0 Å². The minimum absolute atomic E-state index is 0.0520. The fourth-order valence-corrected chi connectivity index (χ4v) is 4.10. The molecule has 1 aliphatic carbocycles. The molecule has 6 heteroatoms. The maximum absolute atomic E-state index is 13.1. The van der Waals surface area contributed by atoms with Gasteiger partial charge >= 0.3 is 5.97 Å². The van der Waals surface area contributed by atoms with Crippen LogP contribution in [0.1, 0.15) is 44.7 Å². The lowest BCUT2D eigenvalue weighted by atomic mass is 9.96. The van der Waals surface area contributed by atoms with Crippen molar-refractivity contribution in [2.45, 2.75) is 32.4 Å². The van der Waals surface area contributed by atoms with Crippen molar-refractivity contribution >= 4 is 22.6 Å². The van der Waals surface area contributed by atoms with Gasteiger partial charge in [-0.15, -0.1) is 0 Å². The van der Waals surface area contributed by atoms with Gasteiger partial charge < -0.3 is 15.0 Å². The topological polar surface area (TPSA) is 88.4 Å². The van der Waals surface area contributed by atoms with Crippen molar-refractivity contribution in [3.63, 3.8) is 0 Å². The highest BCUT2D eigenvalue weighted by Gasteiger charge is 2.24. The Bertz CT molecular complexity index is 1480. The van der Waals surface area contributed by atoms with Gasteiger partial charge in [0, 0.05) is 23.2 Å². The van der Waals surface area contributed by atoms with Crippen LogP contribution in [0.25, 0.3) is 21.9 Å². The van der Waals surface area contributed by atoms with Crippen LogP contribution in [0.15, 0.2) is 77.7 Å². The first-order valence-corrected chi connectivity index (χ1v) is 11.3. The van der Waals surface area contributed by atoms with E-state index in [1.54, 1.807) is 22.9 Å². The zero-order valence-corrected chi connectivity index (χ0v) is 18.7. The summed E-state index contributed by atoms with van der Waals surface area (Å²) >= 11 is 0. The van der Waals surface area contributed by atoms with Gasteiger partial charge in [0.05, 0.1) is 12.1 Å². The number of amides is 1. The predicted octanol–water partition coefficient (Wildman–Crippen LogP) is 4.62. The second-order valence-electron chi connectivity index (χ2n) is 8.83. The molecule has 2 N–H and O–H groups in total. The van der Waals surface area contributed by atoms with Gasteiger partial charge in [0.25, 0.3) is 11.5 Å². The molecule has 1 aromatic heterocycles. The number of rotatable bonds is 6. The third-order valence-electron chi connectivity index (χ3n) is 6.25. The molecule has 34 heavy (non-hydrogen) atoms. The molecule has 1 fully saturated rings. The number of carbonyl (C=O) groups excluding carboxylic acids is 1. The Labute approximate surface area is 196 Å². The highest BCUT2D eigenvalue weighted by atomic mass is 16.4. The lowest BCUT2D eigenvalue weighted by molar-refractivity contribution is 0.0696. The number of carboxylic acid groups (broad SMARTS) is 1. The van der Waals surface area contributed by atoms with Crippen molar-refractivity contribution in [1.29, 1.82) is 0 Å². The first kappa shape index (κ1) is 21.6. The predicted molar refractivity (Wildman–Crippen MR) is 131 cm³/mol. The molecule has 0 aliphatic heterocycles. The van der Waals surface area contributed by atoms with Gasteiger partial charge in [-0.2, -0.15) is 0 Å². The summed E-state index contributed by atoms with van der Waals surface area (Å²) in [5, 5.41) is 13.5. The maximum Gasteiger partial charge on any atom is 0.335 e. The van der Waals surface area contributed by atoms with Crippen LogP contribution < -0.4 is 10.9 Å². The van der Waals surface area contributed by atoms with Crippen LogP contribution in [0.3, 0.4) is 0 Å². The van der Waals surface area contributed by atoms with Gasteiger partial charge in [-0.25, -0.2) is 4.79 Å². The molecular formula is C28H24N2O4. The molecule has 0 atom stereocenters. The fraction of sp³-hybridized carbons (Fsp3) is 0.179. The summed E-state index contributed by atoms with van der Waals surface area (Å²) in [5.41, 5.74) is 4.56. The average molecular weight is 453 g/mol. The monoisotopic (exact) mass is 452 g/mol. The molecule has 5 rings (SSSR count). The van der Waals surface area contributed by atoms with Crippen LogP contribution in [-0.2, 0) is 6.54 Å². The maximum atomic E-state index is 13.1. The third-order valence-corrected chi connectivity index (χ3v) is 6.25. The molecule has 1 aliphatic rings. The zero-order valence-electron chi connectivity index (χ0n) is 18.7. The number of nitrogens with one attached hydrogen (secondary N) is 1. The van der Waals surface area contributed by atoms with E-state index in [0.717, 1.165) is 40.5 Å². The van der Waals surface area contributed by atoms with Crippen molar-refractivity contribution in [2.75, 3.05) is 0 Å². The number of carbonyl (C=O) groups is 2. The molecule has 0 spiro atoms. The summed E-state index contributed by atoms with van der Waals surface area (Å²) in [4.78, 5) is 36.6. The van der Waals surface area contributed by atoms with Gasteiger partial charge in [-0.05, 0) is 89.9 Å². The summed E-state index contributed by atoms with van der Waals surface area (Å²) in [6.45, 7) is 2.36. The molecule has 4 aromatic rings. The smallest absolute Gasteiger partial charge is 0.335 e. The molecule has 0 saturated heterocycles. The molecular weight excluding hydrogens is 428 g/mol. The van der Waals surface area contributed by atoms with Crippen LogP contribution in [0.2, 0.25) is 0 Å².